The predicted molar refractivity (Wildman–Crippen MR) is 86.9 cm³/mol. The minimum atomic E-state index is 0.00831. The number of thiophene rings is 1. The molecule has 0 saturated carbocycles. The van der Waals surface area contributed by atoms with Crippen LogP contribution in [0.1, 0.15) is 30.1 Å². The summed E-state index contributed by atoms with van der Waals surface area (Å²) in [6, 6.07) is 1.86. The third-order valence-electron chi connectivity index (χ3n) is 3.77. The average molecular weight is 410 g/mol. The molecule has 1 N–H and O–H groups in total. The van der Waals surface area contributed by atoms with E-state index in [0.717, 1.165) is 40.0 Å². The highest BCUT2D eigenvalue weighted by molar-refractivity contribution is 9.12. The second-order valence-corrected chi connectivity index (χ2v) is 9.28. The molecule has 1 aliphatic heterocycles. The predicted octanol–water partition coefficient (Wildman–Crippen LogP) is 3.73. The van der Waals surface area contributed by atoms with Gasteiger partial charge in [0.1, 0.15) is 0 Å². The van der Waals surface area contributed by atoms with Crippen LogP contribution < -0.4 is 5.32 Å². The maximum absolute atomic E-state index is 12.2. The largest absolute Gasteiger partial charge is 0.351 e. The number of nitrogens with one attached hydrogen (secondary N) is 1. The molecule has 1 aliphatic rings. The highest BCUT2D eigenvalue weighted by Gasteiger charge is 2.29. The lowest BCUT2D eigenvalue weighted by Crippen LogP contribution is -2.43. The van der Waals surface area contributed by atoms with Gasteiger partial charge in [-0.1, -0.05) is 6.92 Å². The molecule has 19 heavy (non-hydrogen) atoms. The van der Waals surface area contributed by atoms with Gasteiger partial charge in [0.25, 0.3) is 5.91 Å². The number of likely N-dealkylation sites (tertiary alicyclic amines) is 1. The Labute approximate surface area is 135 Å². The topological polar surface area (TPSA) is 32.3 Å². The molecule has 1 saturated heterocycles. The van der Waals surface area contributed by atoms with Crippen molar-refractivity contribution < 1.29 is 4.79 Å². The standard InChI is InChI=1S/C13H18Br2N2OS/c1-13(3-5-17(2)6-4-13)8-16-12(18)9-7-10(14)19-11(9)15/h7H,3-6,8H2,1-2H3,(H,16,18). The number of rotatable bonds is 3. The first-order valence-electron chi connectivity index (χ1n) is 6.31. The van der Waals surface area contributed by atoms with Crippen molar-refractivity contribution in [3.05, 3.63) is 19.2 Å². The van der Waals surface area contributed by atoms with Crippen LogP contribution in [0.3, 0.4) is 0 Å². The van der Waals surface area contributed by atoms with Gasteiger partial charge in [-0.25, -0.2) is 0 Å². The highest BCUT2D eigenvalue weighted by Crippen LogP contribution is 2.33. The third kappa shape index (κ3) is 4.03. The molecule has 0 bridgehead atoms. The Morgan fingerprint density at radius 2 is 2.11 bits per heavy atom. The van der Waals surface area contributed by atoms with Crippen molar-refractivity contribution in [3.8, 4) is 0 Å². The van der Waals surface area contributed by atoms with E-state index in [1.165, 1.54) is 11.3 Å². The number of piperidine rings is 1. The first-order chi connectivity index (χ1) is 8.89. The van der Waals surface area contributed by atoms with Gasteiger partial charge in [0.15, 0.2) is 0 Å². The van der Waals surface area contributed by atoms with Crippen molar-refractivity contribution >= 4 is 49.1 Å². The fraction of sp³-hybridized carbons (Fsp3) is 0.615. The summed E-state index contributed by atoms with van der Waals surface area (Å²) in [6.07, 6.45) is 2.27. The van der Waals surface area contributed by atoms with Gasteiger partial charge in [-0.15, -0.1) is 11.3 Å². The first-order valence-corrected chi connectivity index (χ1v) is 8.71. The summed E-state index contributed by atoms with van der Waals surface area (Å²) in [4.78, 5) is 14.5. The van der Waals surface area contributed by atoms with Crippen LogP contribution in [0, 0.1) is 5.41 Å². The molecule has 106 valence electrons. The molecule has 2 rings (SSSR count). The van der Waals surface area contributed by atoms with Crippen LogP contribution in [0.5, 0.6) is 0 Å². The minimum Gasteiger partial charge on any atom is -0.351 e. The third-order valence-corrected chi connectivity index (χ3v) is 6.11. The number of amides is 1. The SMILES string of the molecule is CN1CCC(C)(CNC(=O)c2cc(Br)sc2Br)CC1. The second kappa shape index (κ2) is 6.24. The fourth-order valence-corrected chi connectivity index (χ4v) is 5.01. The van der Waals surface area contributed by atoms with Crippen molar-refractivity contribution in [1.29, 1.82) is 0 Å². The van der Waals surface area contributed by atoms with Gasteiger partial charge < -0.3 is 10.2 Å². The van der Waals surface area contributed by atoms with Gasteiger partial charge in [-0.2, -0.15) is 0 Å². The lowest BCUT2D eigenvalue weighted by Gasteiger charge is -2.37. The van der Waals surface area contributed by atoms with Crippen LogP contribution in [0.15, 0.2) is 13.6 Å². The maximum Gasteiger partial charge on any atom is 0.253 e. The molecule has 0 aliphatic carbocycles. The van der Waals surface area contributed by atoms with Crippen LogP contribution in [-0.2, 0) is 0 Å². The number of nitrogens with zero attached hydrogens (tertiary/aromatic N) is 1. The smallest absolute Gasteiger partial charge is 0.253 e. The fourth-order valence-electron chi connectivity index (χ4n) is 2.22. The van der Waals surface area contributed by atoms with Crippen LogP contribution >= 0.6 is 43.2 Å². The molecule has 0 radical (unpaired) electrons. The molecule has 3 nitrogen and oxygen atoms in total. The van der Waals surface area contributed by atoms with Crippen molar-refractivity contribution in [2.75, 3.05) is 26.7 Å². The summed E-state index contributed by atoms with van der Waals surface area (Å²) >= 11 is 8.35. The summed E-state index contributed by atoms with van der Waals surface area (Å²) in [7, 11) is 2.15. The summed E-state index contributed by atoms with van der Waals surface area (Å²) in [6.45, 7) is 5.23. The average Bonchev–Trinajstić information content (AvgIpc) is 2.70. The quantitative estimate of drug-likeness (QED) is 0.824. The Morgan fingerprint density at radius 1 is 1.47 bits per heavy atom. The van der Waals surface area contributed by atoms with Crippen molar-refractivity contribution in [2.45, 2.75) is 19.8 Å². The van der Waals surface area contributed by atoms with Crippen molar-refractivity contribution in [3.63, 3.8) is 0 Å². The van der Waals surface area contributed by atoms with E-state index in [1.54, 1.807) is 0 Å². The molecule has 0 aromatic carbocycles. The molecule has 0 atom stereocenters. The molecule has 1 amide bonds. The monoisotopic (exact) mass is 408 g/mol. The molecule has 1 aromatic heterocycles. The maximum atomic E-state index is 12.2. The molecule has 2 heterocycles. The molecule has 1 aromatic rings. The van der Waals surface area contributed by atoms with E-state index >= 15 is 0 Å². The summed E-state index contributed by atoms with van der Waals surface area (Å²) in [5, 5.41) is 3.08. The van der Waals surface area contributed by atoms with Crippen LogP contribution in [-0.4, -0.2) is 37.5 Å². The lowest BCUT2D eigenvalue weighted by molar-refractivity contribution is 0.0891. The normalized spacial score (nSPS) is 19.4. The molecular formula is C13H18Br2N2OS. The Balaban J connectivity index is 1.92. The number of hydrogen-bond donors (Lipinski definition) is 1. The summed E-state index contributed by atoms with van der Waals surface area (Å²) in [5.74, 6) is 0.00831. The van der Waals surface area contributed by atoms with Gasteiger partial charge in [0.05, 0.1) is 13.1 Å². The Kier molecular flexibility index (Phi) is 5.09. The van der Waals surface area contributed by atoms with Gasteiger partial charge in [0, 0.05) is 6.54 Å². The zero-order chi connectivity index (χ0) is 14.0. The van der Waals surface area contributed by atoms with Gasteiger partial charge in [-0.05, 0) is 76.3 Å². The van der Waals surface area contributed by atoms with Gasteiger partial charge >= 0.3 is 0 Å². The molecule has 0 spiro atoms. The summed E-state index contributed by atoms with van der Waals surface area (Å²) in [5.41, 5.74) is 0.940. The zero-order valence-corrected chi connectivity index (χ0v) is 15.1. The van der Waals surface area contributed by atoms with E-state index in [1.807, 2.05) is 6.07 Å². The number of hydrogen-bond acceptors (Lipinski definition) is 3. The Hall–Kier alpha value is 0.0900. The zero-order valence-electron chi connectivity index (χ0n) is 11.1. The minimum absolute atomic E-state index is 0.00831. The van der Waals surface area contributed by atoms with E-state index in [-0.39, 0.29) is 11.3 Å². The van der Waals surface area contributed by atoms with Crippen molar-refractivity contribution in [1.82, 2.24) is 10.2 Å². The summed E-state index contributed by atoms with van der Waals surface area (Å²) < 4.78 is 1.85. The van der Waals surface area contributed by atoms with E-state index < -0.39 is 0 Å². The van der Waals surface area contributed by atoms with E-state index in [2.05, 4.69) is 56.0 Å². The van der Waals surface area contributed by atoms with E-state index in [9.17, 15) is 4.79 Å². The van der Waals surface area contributed by atoms with Crippen LogP contribution in [0.4, 0.5) is 0 Å². The molecular weight excluding hydrogens is 392 g/mol. The van der Waals surface area contributed by atoms with Crippen molar-refractivity contribution in [2.24, 2.45) is 5.41 Å². The highest BCUT2D eigenvalue weighted by atomic mass is 79.9. The number of carbonyl (C=O) groups excluding carboxylic acids is 1. The van der Waals surface area contributed by atoms with E-state index in [0.29, 0.717) is 5.56 Å². The number of halogens is 2. The Morgan fingerprint density at radius 3 is 2.63 bits per heavy atom. The van der Waals surface area contributed by atoms with Gasteiger partial charge in [-0.3, -0.25) is 4.79 Å². The van der Waals surface area contributed by atoms with Crippen LogP contribution in [0.25, 0.3) is 0 Å². The second-order valence-electron chi connectivity index (χ2n) is 5.53. The molecule has 1 fully saturated rings. The van der Waals surface area contributed by atoms with E-state index in [4.69, 9.17) is 0 Å². The number of carbonyl (C=O) groups is 1. The lowest BCUT2D eigenvalue weighted by atomic mass is 9.80. The first kappa shape index (κ1) is 15.5. The van der Waals surface area contributed by atoms with Gasteiger partial charge in [0.2, 0.25) is 0 Å². The molecule has 0 unspecified atom stereocenters. The Bertz CT molecular complexity index is 467. The van der Waals surface area contributed by atoms with Crippen LogP contribution in [0.2, 0.25) is 0 Å². The molecule has 6 heteroatoms.